The molecule has 2 rings (SSSR count). The normalized spacial score (nSPS) is 34.5. The molecule has 1 fully saturated rings. The van der Waals surface area contributed by atoms with Crippen LogP contribution in [0, 0.1) is 17.3 Å². The van der Waals surface area contributed by atoms with E-state index in [-0.39, 0.29) is 11.5 Å². The van der Waals surface area contributed by atoms with Crippen molar-refractivity contribution in [3.8, 4) is 0 Å². The molecule has 0 aromatic rings. The van der Waals surface area contributed by atoms with Crippen LogP contribution < -0.4 is 0 Å². The second-order valence-corrected chi connectivity index (χ2v) is 7.87. The first-order chi connectivity index (χ1) is 9.82. The van der Waals surface area contributed by atoms with E-state index in [9.17, 15) is 5.11 Å². The van der Waals surface area contributed by atoms with Crippen LogP contribution in [0.25, 0.3) is 0 Å². The average Bonchev–Trinajstić information content (AvgIpc) is 2.39. The molecule has 1 N–H and O–H groups in total. The van der Waals surface area contributed by atoms with E-state index in [4.69, 9.17) is 0 Å². The summed E-state index contributed by atoms with van der Waals surface area (Å²) >= 11 is 0. The van der Waals surface area contributed by atoms with Gasteiger partial charge in [-0.05, 0) is 76.5 Å². The number of hydrogen-bond acceptors (Lipinski definition) is 1. The highest BCUT2D eigenvalue weighted by Gasteiger charge is 2.50. The minimum atomic E-state index is -0.293. The SMILES string of the molecule is C=C1CCC=C(C)CCC2C1CC2(C)CC(O)C=C(C)C. The molecule has 2 aliphatic rings. The van der Waals surface area contributed by atoms with Gasteiger partial charge in [0, 0.05) is 0 Å². The van der Waals surface area contributed by atoms with Gasteiger partial charge in [-0.15, -0.1) is 0 Å². The Bertz CT molecular complexity index is 452. The largest absolute Gasteiger partial charge is 0.389 e. The summed E-state index contributed by atoms with van der Waals surface area (Å²) in [7, 11) is 0. The molecular formula is C20H32O. The van der Waals surface area contributed by atoms with Crippen molar-refractivity contribution in [2.45, 2.75) is 72.3 Å². The minimum Gasteiger partial charge on any atom is -0.389 e. The molecule has 0 aromatic carbocycles. The van der Waals surface area contributed by atoms with Crippen LogP contribution in [0.5, 0.6) is 0 Å². The van der Waals surface area contributed by atoms with Crippen molar-refractivity contribution >= 4 is 0 Å². The molecule has 2 aliphatic carbocycles. The van der Waals surface area contributed by atoms with Gasteiger partial charge in [0.2, 0.25) is 0 Å². The van der Waals surface area contributed by atoms with Crippen LogP contribution in [-0.4, -0.2) is 11.2 Å². The zero-order chi connectivity index (χ0) is 15.6. The Morgan fingerprint density at radius 1 is 1.48 bits per heavy atom. The van der Waals surface area contributed by atoms with Gasteiger partial charge in [-0.1, -0.05) is 42.4 Å². The van der Waals surface area contributed by atoms with Crippen molar-refractivity contribution < 1.29 is 5.11 Å². The van der Waals surface area contributed by atoms with Crippen LogP contribution in [0.3, 0.4) is 0 Å². The van der Waals surface area contributed by atoms with Gasteiger partial charge in [0.05, 0.1) is 6.10 Å². The molecule has 4 unspecified atom stereocenters. The topological polar surface area (TPSA) is 20.2 Å². The van der Waals surface area contributed by atoms with Gasteiger partial charge in [0.25, 0.3) is 0 Å². The number of aliphatic hydroxyl groups excluding tert-OH is 1. The van der Waals surface area contributed by atoms with E-state index in [1.54, 1.807) is 0 Å². The second kappa shape index (κ2) is 6.52. The predicted molar refractivity (Wildman–Crippen MR) is 91.1 cm³/mol. The molecule has 0 aliphatic heterocycles. The van der Waals surface area contributed by atoms with E-state index in [0.717, 1.165) is 19.3 Å². The molecule has 1 heteroatoms. The second-order valence-electron chi connectivity index (χ2n) is 7.87. The summed E-state index contributed by atoms with van der Waals surface area (Å²) in [5.74, 6) is 1.39. The quantitative estimate of drug-likeness (QED) is 0.687. The predicted octanol–water partition coefficient (Wildman–Crippen LogP) is 5.42. The Kier molecular flexibility index (Phi) is 5.14. The van der Waals surface area contributed by atoms with Crippen LogP contribution in [0.1, 0.15) is 66.2 Å². The highest BCUT2D eigenvalue weighted by Crippen LogP contribution is 2.59. The van der Waals surface area contributed by atoms with Gasteiger partial charge in [-0.2, -0.15) is 0 Å². The summed E-state index contributed by atoms with van der Waals surface area (Å²) < 4.78 is 0. The lowest BCUT2D eigenvalue weighted by Gasteiger charge is -2.55. The van der Waals surface area contributed by atoms with Gasteiger partial charge in [-0.3, -0.25) is 0 Å². The fraction of sp³-hybridized carbons (Fsp3) is 0.700. The van der Waals surface area contributed by atoms with Gasteiger partial charge in [0.15, 0.2) is 0 Å². The molecule has 4 atom stereocenters. The van der Waals surface area contributed by atoms with Crippen molar-refractivity contribution in [1.82, 2.24) is 0 Å². The van der Waals surface area contributed by atoms with E-state index >= 15 is 0 Å². The van der Waals surface area contributed by atoms with Gasteiger partial charge < -0.3 is 5.11 Å². The molecule has 0 heterocycles. The van der Waals surface area contributed by atoms with Crippen LogP contribution in [-0.2, 0) is 0 Å². The number of hydrogen-bond donors (Lipinski definition) is 1. The molecule has 0 bridgehead atoms. The first kappa shape index (κ1) is 16.5. The summed E-state index contributed by atoms with van der Waals surface area (Å²) in [6, 6.07) is 0. The Labute approximate surface area is 130 Å². The number of fused-ring (bicyclic) bond motifs is 1. The van der Waals surface area contributed by atoms with E-state index in [0.29, 0.717) is 11.8 Å². The van der Waals surface area contributed by atoms with Gasteiger partial charge >= 0.3 is 0 Å². The maximum Gasteiger partial charge on any atom is 0.0728 e. The summed E-state index contributed by atoms with van der Waals surface area (Å²) in [5.41, 5.74) is 4.46. The molecule has 1 nitrogen and oxygen atoms in total. The lowest BCUT2D eigenvalue weighted by molar-refractivity contribution is -0.0437. The van der Waals surface area contributed by atoms with Crippen LogP contribution in [0.2, 0.25) is 0 Å². The lowest BCUT2D eigenvalue weighted by Crippen LogP contribution is -2.48. The average molecular weight is 288 g/mol. The third kappa shape index (κ3) is 3.88. The van der Waals surface area contributed by atoms with Crippen molar-refractivity contribution in [3.05, 3.63) is 35.5 Å². The molecular weight excluding hydrogens is 256 g/mol. The maximum atomic E-state index is 10.3. The van der Waals surface area contributed by atoms with Crippen molar-refractivity contribution in [2.75, 3.05) is 0 Å². The Morgan fingerprint density at radius 3 is 2.86 bits per heavy atom. The van der Waals surface area contributed by atoms with E-state index < -0.39 is 0 Å². The van der Waals surface area contributed by atoms with E-state index in [1.807, 2.05) is 6.08 Å². The van der Waals surface area contributed by atoms with Crippen molar-refractivity contribution in [2.24, 2.45) is 17.3 Å². The standard InChI is InChI=1S/C20H32O/c1-14(2)11-17(21)12-20(5)13-18-16(4)8-6-7-15(3)9-10-19(18)20/h7,11,17-19,21H,4,6,8-10,12-13H2,1-3,5H3. The molecule has 1 saturated carbocycles. The van der Waals surface area contributed by atoms with E-state index in [1.165, 1.54) is 36.0 Å². The number of aliphatic hydroxyl groups is 1. The zero-order valence-electron chi connectivity index (χ0n) is 14.3. The summed E-state index contributed by atoms with van der Waals surface area (Å²) in [4.78, 5) is 0. The molecule has 118 valence electrons. The third-order valence-corrected chi connectivity index (χ3v) is 5.60. The molecule has 0 spiro atoms. The Balaban J connectivity index is 2.08. The fourth-order valence-electron chi connectivity index (χ4n) is 4.43. The smallest absolute Gasteiger partial charge is 0.0728 e. The van der Waals surface area contributed by atoms with E-state index in [2.05, 4.69) is 40.3 Å². The molecule has 0 amide bonds. The van der Waals surface area contributed by atoms with Crippen LogP contribution in [0.4, 0.5) is 0 Å². The molecule has 0 saturated heterocycles. The third-order valence-electron chi connectivity index (χ3n) is 5.60. The van der Waals surface area contributed by atoms with Crippen LogP contribution >= 0.6 is 0 Å². The van der Waals surface area contributed by atoms with Crippen molar-refractivity contribution in [3.63, 3.8) is 0 Å². The Hall–Kier alpha value is -0.820. The minimum absolute atomic E-state index is 0.281. The summed E-state index contributed by atoms with van der Waals surface area (Å²) in [6.45, 7) is 13.1. The van der Waals surface area contributed by atoms with Crippen LogP contribution in [0.15, 0.2) is 35.5 Å². The summed E-state index contributed by atoms with van der Waals surface area (Å²) in [5, 5.41) is 10.3. The fourth-order valence-corrected chi connectivity index (χ4v) is 4.43. The van der Waals surface area contributed by atoms with Crippen molar-refractivity contribution in [1.29, 1.82) is 0 Å². The molecule has 0 aromatic heterocycles. The van der Waals surface area contributed by atoms with Gasteiger partial charge in [0.1, 0.15) is 0 Å². The number of rotatable bonds is 3. The highest BCUT2D eigenvalue weighted by molar-refractivity contribution is 5.18. The highest BCUT2D eigenvalue weighted by atomic mass is 16.3. The van der Waals surface area contributed by atoms with Gasteiger partial charge in [-0.25, -0.2) is 0 Å². The monoisotopic (exact) mass is 288 g/mol. The maximum absolute atomic E-state index is 10.3. The molecule has 0 radical (unpaired) electrons. The first-order valence-corrected chi connectivity index (χ1v) is 8.48. The summed E-state index contributed by atoms with van der Waals surface area (Å²) in [6.07, 6.45) is 11.0. The first-order valence-electron chi connectivity index (χ1n) is 8.48. The Morgan fingerprint density at radius 2 is 2.19 bits per heavy atom. The lowest BCUT2D eigenvalue weighted by atomic mass is 9.49. The zero-order valence-corrected chi connectivity index (χ0v) is 14.3. The molecule has 21 heavy (non-hydrogen) atoms. The number of allylic oxidation sites excluding steroid dienone is 4.